The summed E-state index contributed by atoms with van der Waals surface area (Å²) in [6.07, 6.45) is 6.77. The van der Waals surface area contributed by atoms with Crippen LogP contribution in [0.4, 0.5) is 0 Å². The molecule has 0 unspecified atom stereocenters. The lowest BCUT2D eigenvalue weighted by molar-refractivity contribution is -0.659. The number of pyridine rings is 1. The third-order valence-corrected chi connectivity index (χ3v) is 7.02. The van der Waals surface area contributed by atoms with Crippen LogP contribution in [0.3, 0.4) is 0 Å². The number of hydrogen-bond acceptors (Lipinski definition) is 0. The van der Waals surface area contributed by atoms with Gasteiger partial charge in [0, 0.05) is 11.6 Å². The summed E-state index contributed by atoms with van der Waals surface area (Å²) < 4.78 is 2.25. The largest absolute Gasteiger partial charge is 1.00 e. The fraction of sp³-hybridized carbons (Fsp3) is 0.286. The molecule has 4 aromatic rings. The molecule has 0 spiro atoms. The van der Waals surface area contributed by atoms with Crippen molar-refractivity contribution in [2.24, 2.45) is 7.05 Å². The van der Waals surface area contributed by atoms with Gasteiger partial charge in [-0.2, -0.15) is 0 Å². The average Bonchev–Trinajstić information content (AvgIpc) is 2.83. The fourth-order valence-electron chi connectivity index (χ4n) is 4.61. The zero-order valence-electron chi connectivity index (χ0n) is 23.6. The highest BCUT2D eigenvalue weighted by Gasteiger charge is 2.19. The summed E-state index contributed by atoms with van der Waals surface area (Å²) >= 11 is 0. The Hall–Kier alpha value is -2.72. The first-order valence-electron chi connectivity index (χ1n) is 12.9. The molecule has 1 aromatic heterocycles. The predicted octanol–water partition coefficient (Wildman–Crippen LogP) is 5.92. The second-order valence-electron chi connectivity index (χ2n) is 12.0. The monoisotopic (exact) mass is 601 g/mol. The van der Waals surface area contributed by atoms with Crippen LogP contribution in [-0.4, -0.2) is 0 Å². The van der Waals surface area contributed by atoms with Crippen molar-refractivity contribution in [1.82, 2.24) is 0 Å². The normalized spacial score (nSPS) is 12.0. The lowest BCUT2D eigenvalue weighted by Crippen LogP contribution is -3.00. The zero-order chi connectivity index (χ0) is 26.1. The Labute approximate surface area is 241 Å². The standard InChI is InChI=1S/C35H40N.HI/c1-25-11-9-10-12-31(25)32-24-36(8)33(27-17-21-30(22-18-27)35(5,6)7)23-28(32)16-13-26-14-19-29(20-15-26)34(2,3)4;/h9-24H,1-8H3;1H/q+1;/p-1/b16-13+;. The molecule has 4 rings (SSSR count). The first-order valence-corrected chi connectivity index (χ1v) is 12.9. The Bertz CT molecular complexity index is 1380. The molecule has 0 radical (unpaired) electrons. The molecule has 1 heterocycles. The fourth-order valence-corrected chi connectivity index (χ4v) is 4.61. The van der Waals surface area contributed by atoms with Gasteiger partial charge < -0.3 is 24.0 Å². The van der Waals surface area contributed by atoms with Crippen molar-refractivity contribution in [2.45, 2.75) is 59.3 Å². The van der Waals surface area contributed by atoms with E-state index in [0.717, 1.165) is 0 Å². The van der Waals surface area contributed by atoms with Crippen LogP contribution < -0.4 is 28.5 Å². The Morgan fingerprint density at radius 3 is 1.73 bits per heavy atom. The Morgan fingerprint density at radius 1 is 0.649 bits per heavy atom. The van der Waals surface area contributed by atoms with Crippen molar-refractivity contribution < 1.29 is 28.5 Å². The molecule has 0 aliphatic rings. The molecule has 0 saturated carbocycles. The van der Waals surface area contributed by atoms with E-state index in [1.165, 1.54) is 50.2 Å². The number of benzene rings is 3. The molecule has 0 N–H and O–H groups in total. The molecule has 0 amide bonds. The van der Waals surface area contributed by atoms with Gasteiger partial charge in [0.15, 0.2) is 6.20 Å². The van der Waals surface area contributed by atoms with Crippen molar-refractivity contribution in [3.05, 3.63) is 113 Å². The van der Waals surface area contributed by atoms with E-state index in [2.05, 4.69) is 157 Å². The summed E-state index contributed by atoms with van der Waals surface area (Å²) in [5.74, 6) is 0. The second kappa shape index (κ2) is 11.3. The molecule has 3 aromatic carbocycles. The number of hydrogen-bond donors (Lipinski definition) is 0. The van der Waals surface area contributed by atoms with E-state index in [1.54, 1.807) is 0 Å². The molecule has 0 bridgehead atoms. The van der Waals surface area contributed by atoms with Crippen molar-refractivity contribution in [3.63, 3.8) is 0 Å². The van der Waals surface area contributed by atoms with Gasteiger partial charge >= 0.3 is 0 Å². The van der Waals surface area contributed by atoms with Crippen LogP contribution >= 0.6 is 0 Å². The molecule has 0 fully saturated rings. The van der Waals surface area contributed by atoms with E-state index in [4.69, 9.17) is 0 Å². The van der Waals surface area contributed by atoms with Crippen LogP contribution in [0.1, 0.15) is 69.4 Å². The summed E-state index contributed by atoms with van der Waals surface area (Å²) in [5.41, 5.74) is 11.7. The third kappa shape index (κ3) is 6.78. The lowest BCUT2D eigenvalue weighted by atomic mass is 9.86. The average molecular weight is 602 g/mol. The molecule has 2 heteroatoms. The topological polar surface area (TPSA) is 3.88 Å². The van der Waals surface area contributed by atoms with Crippen molar-refractivity contribution >= 4 is 12.2 Å². The van der Waals surface area contributed by atoms with Crippen LogP contribution in [0, 0.1) is 6.92 Å². The van der Waals surface area contributed by atoms with E-state index in [1.807, 2.05) is 0 Å². The SMILES string of the molecule is Cc1ccccc1-c1c[n+](C)c(-c2ccc(C(C)(C)C)cc2)cc1/C=C/c1ccc(C(C)(C)C)cc1.[I-]. The van der Waals surface area contributed by atoms with Gasteiger partial charge in [0.25, 0.3) is 0 Å². The maximum absolute atomic E-state index is 2.33. The van der Waals surface area contributed by atoms with Crippen molar-refractivity contribution in [2.75, 3.05) is 0 Å². The third-order valence-electron chi connectivity index (χ3n) is 7.02. The van der Waals surface area contributed by atoms with Crippen LogP contribution in [0.25, 0.3) is 34.5 Å². The molecule has 0 saturated heterocycles. The van der Waals surface area contributed by atoms with E-state index >= 15 is 0 Å². The van der Waals surface area contributed by atoms with Crippen LogP contribution in [0.2, 0.25) is 0 Å². The molecule has 0 atom stereocenters. The van der Waals surface area contributed by atoms with Gasteiger partial charge in [-0.05, 0) is 63.3 Å². The first kappa shape index (κ1) is 28.8. The molecular weight excluding hydrogens is 561 g/mol. The first-order chi connectivity index (χ1) is 16.9. The summed E-state index contributed by atoms with van der Waals surface area (Å²) in [6, 6.07) is 28.9. The van der Waals surface area contributed by atoms with Crippen molar-refractivity contribution in [3.8, 4) is 22.4 Å². The van der Waals surface area contributed by atoms with E-state index in [-0.39, 0.29) is 34.8 Å². The molecule has 37 heavy (non-hydrogen) atoms. The highest BCUT2D eigenvalue weighted by Crippen LogP contribution is 2.31. The minimum absolute atomic E-state index is 0. The van der Waals surface area contributed by atoms with Crippen molar-refractivity contribution in [1.29, 1.82) is 0 Å². The van der Waals surface area contributed by atoms with Gasteiger partial charge in [-0.1, -0.05) is 114 Å². The predicted molar refractivity (Wildman–Crippen MR) is 156 cm³/mol. The molecule has 0 aliphatic heterocycles. The minimum Gasteiger partial charge on any atom is -1.00 e. The Kier molecular flexibility index (Phi) is 8.85. The van der Waals surface area contributed by atoms with Gasteiger partial charge in [-0.15, -0.1) is 0 Å². The molecule has 1 nitrogen and oxygen atoms in total. The van der Waals surface area contributed by atoms with Gasteiger partial charge in [0.05, 0.1) is 5.56 Å². The Morgan fingerprint density at radius 2 is 1.19 bits per heavy atom. The van der Waals surface area contributed by atoms with Crippen LogP contribution in [0.15, 0.2) is 85.1 Å². The maximum Gasteiger partial charge on any atom is 0.212 e. The number of rotatable bonds is 4. The maximum atomic E-state index is 2.33. The highest BCUT2D eigenvalue weighted by atomic mass is 127. The van der Waals surface area contributed by atoms with E-state index < -0.39 is 0 Å². The summed E-state index contributed by atoms with van der Waals surface area (Å²) in [5, 5.41) is 0. The second-order valence-corrected chi connectivity index (χ2v) is 12.0. The number of aryl methyl sites for hydroxylation is 2. The lowest BCUT2D eigenvalue weighted by Gasteiger charge is -2.19. The van der Waals surface area contributed by atoms with Crippen LogP contribution in [0.5, 0.6) is 0 Å². The van der Waals surface area contributed by atoms with Crippen LogP contribution in [-0.2, 0) is 17.9 Å². The molecule has 192 valence electrons. The smallest absolute Gasteiger partial charge is 0.212 e. The zero-order valence-corrected chi connectivity index (χ0v) is 25.7. The van der Waals surface area contributed by atoms with Gasteiger partial charge in [-0.3, -0.25) is 0 Å². The summed E-state index contributed by atoms with van der Waals surface area (Å²) in [6.45, 7) is 15.7. The quantitative estimate of drug-likeness (QED) is 0.202. The number of aromatic nitrogens is 1. The number of halogens is 1. The van der Waals surface area contributed by atoms with E-state index in [0.29, 0.717) is 0 Å². The van der Waals surface area contributed by atoms with E-state index in [9.17, 15) is 0 Å². The molecular formula is C35H40IN. The number of nitrogens with zero attached hydrogens (tertiary/aromatic N) is 1. The van der Waals surface area contributed by atoms with Gasteiger partial charge in [0.2, 0.25) is 5.69 Å². The minimum atomic E-state index is 0. The summed E-state index contributed by atoms with van der Waals surface area (Å²) in [7, 11) is 2.15. The highest BCUT2D eigenvalue weighted by molar-refractivity contribution is 5.82. The molecule has 0 aliphatic carbocycles. The van der Waals surface area contributed by atoms with Gasteiger partial charge in [-0.25, -0.2) is 4.57 Å². The Balaban J connectivity index is 0.00000380. The summed E-state index contributed by atoms with van der Waals surface area (Å²) in [4.78, 5) is 0. The van der Waals surface area contributed by atoms with Gasteiger partial charge in [0.1, 0.15) is 7.05 Å².